The Morgan fingerprint density at radius 3 is 2.74 bits per heavy atom. The van der Waals surface area contributed by atoms with Crippen LogP contribution in [0.2, 0.25) is 0 Å². The van der Waals surface area contributed by atoms with Crippen molar-refractivity contribution in [3.05, 3.63) is 51.1 Å². The molecule has 0 aliphatic rings. The molecule has 3 N–H and O–H groups in total. The van der Waals surface area contributed by atoms with Crippen molar-refractivity contribution in [3.63, 3.8) is 0 Å². The first-order valence-corrected chi connectivity index (χ1v) is 6.40. The van der Waals surface area contributed by atoms with Crippen LogP contribution in [0.15, 0.2) is 39.9 Å². The molecule has 3 aromatic rings. The maximum Gasteiger partial charge on any atom is 0.348 e. The fourth-order valence-corrected chi connectivity index (χ4v) is 2.39. The van der Waals surface area contributed by atoms with Gasteiger partial charge >= 0.3 is 5.69 Å². The molecule has 0 spiro atoms. The summed E-state index contributed by atoms with van der Waals surface area (Å²) in [5.74, 6) is 0.225. The minimum absolute atomic E-state index is 0.225. The van der Waals surface area contributed by atoms with E-state index in [9.17, 15) is 4.79 Å². The molecule has 3 rings (SSSR count). The molecule has 19 heavy (non-hydrogen) atoms. The Morgan fingerprint density at radius 1 is 1.26 bits per heavy atom. The summed E-state index contributed by atoms with van der Waals surface area (Å²) in [6.45, 7) is 0.563. The van der Waals surface area contributed by atoms with Crippen LogP contribution in [-0.4, -0.2) is 19.5 Å². The van der Waals surface area contributed by atoms with Crippen LogP contribution in [0.1, 0.15) is 5.56 Å². The molecule has 0 amide bonds. The SMILES string of the molecule is Nc1[nH]c(=O)nc2c1nc(Br)n2Cc1ccccc1. The van der Waals surface area contributed by atoms with Gasteiger partial charge in [0.2, 0.25) is 0 Å². The fourth-order valence-electron chi connectivity index (χ4n) is 1.92. The lowest BCUT2D eigenvalue weighted by Gasteiger charge is -2.05. The molecule has 0 aliphatic carbocycles. The number of aromatic amines is 1. The van der Waals surface area contributed by atoms with Crippen molar-refractivity contribution in [2.45, 2.75) is 6.54 Å². The van der Waals surface area contributed by atoms with Gasteiger partial charge in [-0.2, -0.15) is 4.98 Å². The number of halogens is 1. The Morgan fingerprint density at radius 2 is 2.00 bits per heavy atom. The molecular weight excluding hydrogens is 310 g/mol. The summed E-state index contributed by atoms with van der Waals surface area (Å²) in [5, 5.41) is 0. The van der Waals surface area contributed by atoms with Gasteiger partial charge in [0.05, 0.1) is 6.54 Å². The largest absolute Gasteiger partial charge is 0.383 e. The molecular formula is C12H10BrN5O. The van der Waals surface area contributed by atoms with Gasteiger partial charge < -0.3 is 5.73 Å². The predicted octanol–water partition coefficient (Wildman–Crippen LogP) is 1.51. The Bertz CT molecular complexity index is 793. The van der Waals surface area contributed by atoms with Crippen LogP contribution in [0.5, 0.6) is 0 Å². The third kappa shape index (κ3) is 2.12. The van der Waals surface area contributed by atoms with Crippen LogP contribution in [-0.2, 0) is 6.54 Å². The van der Waals surface area contributed by atoms with Gasteiger partial charge in [-0.25, -0.2) is 9.78 Å². The molecule has 2 heterocycles. The summed E-state index contributed by atoms with van der Waals surface area (Å²) in [4.78, 5) is 22.1. The van der Waals surface area contributed by atoms with Gasteiger partial charge in [-0.15, -0.1) is 0 Å². The third-order valence-corrected chi connectivity index (χ3v) is 3.39. The van der Waals surface area contributed by atoms with Crippen LogP contribution in [0.25, 0.3) is 11.2 Å². The molecule has 0 fully saturated rings. The molecule has 0 atom stereocenters. The lowest BCUT2D eigenvalue weighted by Crippen LogP contribution is -2.14. The minimum atomic E-state index is -0.480. The highest BCUT2D eigenvalue weighted by Crippen LogP contribution is 2.21. The zero-order valence-corrected chi connectivity index (χ0v) is 11.4. The zero-order chi connectivity index (χ0) is 13.4. The maximum atomic E-state index is 11.4. The summed E-state index contributed by atoms with van der Waals surface area (Å²) >= 11 is 3.37. The highest BCUT2D eigenvalue weighted by molar-refractivity contribution is 9.10. The van der Waals surface area contributed by atoms with E-state index in [1.165, 1.54) is 0 Å². The second-order valence-electron chi connectivity index (χ2n) is 4.08. The molecule has 0 unspecified atom stereocenters. The molecule has 7 heteroatoms. The first-order valence-electron chi connectivity index (χ1n) is 5.60. The van der Waals surface area contributed by atoms with E-state index in [4.69, 9.17) is 5.73 Å². The van der Waals surface area contributed by atoms with E-state index in [1.54, 1.807) is 4.57 Å². The number of hydrogen-bond acceptors (Lipinski definition) is 4. The highest BCUT2D eigenvalue weighted by Gasteiger charge is 2.13. The van der Waals surface area contributed by atoms with E-state index in [0.717, 1.165) is 5.56 Å². The van der Waals surface area contributed by atoms with Gasteiger partial charge in [0.1, 0.15) is 11.3 Å². The second kappa shape index (κ2) is 4.51. The fraction of sp³-hybridized carbons (Fsp3) is 0.0833. The summed E-state index contributed by atoms with van der Waals surface area (Å²) in [6, 6.07) is 9.85. The number of fused-ring (bicyclic) bond motifs is 1. The van der Waals surface area contributed by atoms with Crippen LogP contribution in [0.4, 0.5) is 5.82 Å². The molecule has 0 saturated carbocycles. The summed E-state index contributed by atoms with van der Waals surface area (Å²) in [5.41, 5.74) is 7.30. The van der Waals surface area contributed by atoms with Crippen molar-refractivity contribution in [2.75, 3.05) is 5.73 Å². The van der Waals surface area contributed by atoms with E-state index in [-0.39, 0.29) is 5.82 Å². The molecule has 0 radical (unpaired) electrons. The topological polar surface area (TPSA) is 89.6 Å². The summed E-state index contributed by atoms with van der Waals surface area (Å²) < 4.78 is 2.39. The van der Waals surface area contributed by atoms with Gasteiger partial charge in [-0.05, 0) is 21.5 Å². The van der Waals surface area contributed by atoms with Crippen LogP contribution >= 0.6 is 15.9 Å². The lowest BCUT2D eigenvalue weighted by atomic mass is 10.2. The number of rotatable bonds is 2. The Kier molecular flexibility index (Phi) is 2.83. The Labute approximate surface area is 116 Å². The van der Waals surface area contributed by atoms with Gasteiger partial charge in [-0.3, -0.25) is 9.55 Å². The monoisotopic (exact) mass is 319 g/mol. The third-order valence-electron chi connectivity index (χ3n) is 2.78. The second-order valence-corrected chi connectivity index (χ2v) is 4.79. The number of nitrogen functional groups attached to an aromatic ring is 1. The van der Waals surface area contributed by atoms with Crippen LogP contribution in [0.3, 0.4) is 0 Å². The van der Waals surface area contributed by atoms with E-state index < -0.39 is 5.69 Å². The molecule has 0 bridgehead atoms. The molecule has 2 aromatic heterocycles. The predicted molar refractivity (Wildman–Crippen MR) is 75.8 cm³/mol. The number of H-pyrrole nitrogens is 1. The summed E-state index contributed by atoms with van der Waals surface area (Å²) in [7, 11) is 0. The quantitative estimate of drug-likeness (QED) is 0.701. The van der Waals surface area contributed by atoms with Crippen molar-refractivity contribution in [1.82, 2.24) is 19.5 Å². The number of aromatic nitrogens is 4. The molecule has 6 nitrogen and oxygen atoms in total. The normalized spacial score (nSPS) is 11.0. The van der Waals surface area contributed by atoms with Crippen molar-refractivity contribution in [2.24, 2.45) is 0 Å². The number of imidazole rings is 1. The van der Waals surface area contributed by atoms with Crippen molar-refractivity contribution >= 4 is 32.9 Å². The highest BCUT2D eigenvalue weighted by atomic mass is 79.9. The van der Waals surface area contributed by atoms with Crippen molar-refractivity contribution < 1.29 is 0 Å². The average Bonchev–Trinajstić information content (AvgIpc) is 2.69. The van der Waals surface area contributed by atoms with Gasteiger partial charge in [0.25, 0.3) is 0 Å². The van der Waals surface area contributed by atoms with Crippen LogP contribution in [0, 0.1) is 0 Å². The van der Waals surface area contributed by atoms with Gasteiger partial charge in [-0.1, -0.05) is 30.3 Å². The lowest BCUT2D eigenvalue weighted by molar-refractivity contribution is 0.788. The summed E-state index contributed by atoms with van der Waals surface area (Å²) in [6.07, 6.45) is 0. The average molecular weight is 320 g/mol. The van der Waals surface area contributed by atoms with Gasteiger partial charge in [0.15, 0.2) is 10.4 Å². The van der Waals surface area contributed by atoms with Crippen molar-refractivity contribution in [3.8, 4) is 0 Å². The van der Waals surface area contributed by atoms with E-state index in [2.05, 4.69) is 30.9 Å². The number of nitrogens with zero attached hydrogens (tertiary/aromatic N) is 3. The smallest absolute Gasteiger partial charge is 0.348 e. The number of anilines is 1. The first-order chi connectivity index (χ1) is 9.15. The molecule has 0 aliphatic heterocycles. The maximum absolute atomic E-state index is 11.4. The first kappa shape index (κ1) is 11.9. The number of nitrogens with two attached hydrogens (primary N) is 1. The number of benzene rings is 1. The standard InChI is InChI=1S/C12H10BrN5O/c13-11-15-8-9(14)16-12(19)17-10(8)18(11)6-7-4-2-1-3-5-7/h1-5H,6H2,(H3,14,16,17,19). The van der Waals surface area contributed by atoms with Crippen LogP contribution < -0.4 is 11.4 Å². The van der Waals surface area contributed by atoms with Gasteiger partial charge in [0, 0.05) is 0 Å². The molecule has 0 saturated heterocycles. The number of hydrogen-bond donors (Lipinski definition) is 2. The molecule has 96 valence electrons. The zero-order valence-electron chi connectivity index (χ0n) is 9.80. The minimum Gasteiger partial charge on any atom is -0.383 e. The molecule has 1 aromatic carbocycles. The van der Waals surface area contributed by atoms with E-state index >= 15 is 0 Å². The Balaban J connectivity index is 2.18. The van der Waals surface area contributed by atoms with E-state index in [1.807, 2.05) is 30.3 Å². The van der Waals surface area contributed by atoms with E-state index in [0.29, 0.717) is 22.4 Å². The Hall–Kier alpha value is -2.15. The number of nitrogens with one attached hydrogen (secondary N) is 1. The van der Waals surface area contributed by atoms with Crippen molar-refractivity contribution in [1.29, 1.82) is 0 Å².